The van der Waals surface area contributed by atoms with Crippen LogP contribution in [0.1, 0.15) is 32.3 Å². The molecule has 0 fully saturated rings. The monoisotopic (exact) mass is 504 g/mol. The molecule has 2 rings (SSSR count). The van der Waals surface area contributed by atoms with E-state index in [1.165, 1.54) is 19.0 Å². The van der Waals surface area contributed by atoms with E-state index in [-0.39, 0.29) is 12.5 Å². The Morgan fingerprint density at radius 2 is 1.74 bits per heavy atom. The third-order valence-corrected chi connectivity index (χ3v) is 7.37. The van der Waals surface area contributed by atoms with E-state index in [4.69, 9.17) is 4.74 Å². The Hall–Kier alpha value is -3.11. The summed E-state index contributed by atoms with van der Waals surface area (Å²) in [5, 5.41) is 2.86. The summed E-state index contributed by atoms with van der Waals surface area (Å²) in [6, 6.07) is 14.8. The van der Waals surface area contributed by atoms with E-state index in [0.717, 1.165) is 27.0 Å². The van der Waals surface area contributed by atoms with Crippen molar-refractivity contribution in [1.29, 1.82) is 0 Å². The predicted molar refractivity (Wildman–Crippen MR) is 137 cm³/mol. The van der Waals surface area contributed by atoms with Crippen molar-refractivity contribution in [2.75, 3.05) is 38.6 Å². The Labute approximate surface area is 208 Å². The molecule has 1 atom stereocenters. The van der Waals surface area contributed by atoms with E-state index in [2.05, 4.69) is 5.32 Å². The highest BCUT2D eigenvalue weighted by atomic mass is 32.2. The number of hydrogen-bond acceptors (Lipinski definition) is 5. The molecule has 0 aliphatic heterocycles. The second-order valence-corrected chi connectivity index (χ2v) is 10.4. The average Bonchev–Trinajstić information content (AvgIpc) is 2.85. The molecule has 35 heavy (non-hydrogen) atoms. The summed E-state index contributed by atoms with van der Waals surface area (Å²) in [5.74, 6) is -0.173. The van der Waals surface area contributed by atoms with Crippen LogP contribution in [0.15, 0.2) is 54.6 Å². The zero-order valence-electron chi connectivity index (χ0n) is 21.1. The fraction of sp³-hybridized carbons (Fsp3) is 0.440. The number of amides is 2. The Bertz CT molecular complexity index is 1080. The predicted octanol–water partition coefficient (Wildman–Crippen LogP) is 2.64. The van der Waals surface area contributed by atoms with Gasteiger partial charge in [-0.3, -0.25) is 9.59 Å². The standard InChI is InChI=1S/C25H36N4O5S/c1-6-7-16-26-25(31)20(2)28(18-21-12-11-15-23(17-21)34-5)24(30)19-29(35(32,33)27(3)4)22-13-9-8-10-14-22/h8-15,17,20H,6-7,16,18-19H2,1-5H3,(H,26,31)/t20-/m1/s1. The van der Waals surface area contributed by atoms with Gasteiger partial charge in [0.15, 0.2) is 0 Å². The van der Waals surface area contributed by atoms with Gasteiger partial charge in [0.1, 0.15) is 18.3 Å². The number of hydrogen-bond donors (Lipinski definition) is 1. The maximum absolute atomic E-state index is 13.6. The van der Waals surface area contributed by atoms with Crippen LogP contribution in [0.2, 0.25) is 0 Å². The molecule has 1 N–H and O–H groups in total. The van der Waals surface area contributed by atoms with Crippen LogP contribution in [0, 0.1) is 0 Å². The summed E-state index contributed by atoms with van der Waals surface area (Å²) in [7, 11) is 0.403. The molecule has 2 amide bonds. The summed E-state index contributed by atoms with van der Waals surface area (Å²) in [5.41, 5.74) is 1.11. The first-order valence-electron chi connectivity index (χ1n) is 11.6. The maximum atomic E-state index is 13.6. The lowest BCUT2D eigenvalue weighted by molar-refractivity contribution is -0.139. The first kappa shape index (κ1) is 28.1. The number of benzene rings is 2. The van der Waals surface area contributed by atoms with Crippen molar-refractivity contribution in [2.24, 2.45) is 0 Å². The second-order valence-electron chi connectivity index (χ2n) is 8.33. The van der Waals surface area contributed by atoms with Gasteiger partial charge < -0.3 is 15.0 Å². The summed E-state index contributed by atoms with van der Waals surface area (Å²) >= 11 is 0. The van der Waals surface area contributed by atoms with Crippen LogP contribution in [-0.2, 0) is 26.3 Å². The number of carbonyl (C=O) groups is 2. The number of methoxy groups -OCH3 is 1. The maximum Gasteiger partial charge on any atom is 0.304 e. The highest BCUT2D eigenvalue weighted by Crippen LogP contribution is 2.21. The molecule has 0 aliphatic carbocycles. The molecule has 192 valence electrons. The summed E-state index contributed by atoms with van der Waals surface area (Å²) in [6.45, 7) is 3.83. The lowest BCUT2D eigenvalue weighted by Gasteiger charge is -2.32. The topological polar surface area (TPSA) is 99.3 Å². The molecule has 2 aromatic rings. The number of rotatable bonds is 13. The second kappa shape index (κ2) is 13.1. The van der Waals surface area contributed by atoms with Crippen molar-refractivity contribution in [2.45, 2.75) is 39.3 Å². The van der Waals surface area contributed by atoms with Gasteiger partial charge in [0.05, 0.1) is 12.8 Å². The molecule has 0 unspecified atom stereocenters. The number of ether oxygens (including phenoxy) is 1. The minimum atomic E-state index is -3.97. The van der Waals surface area contributed by atoms with Crippen LogP contribution >= 0.6 is 0 Å². The van der Waals surface area contributed by atoms with Gasteiger partial charge in [-0.1, -0.05) is 43.7 Å². The number of para-hydroxylation sites is 1. The Morgan fingerprint density at radius 3 is 2.34 bits per heavy atom. The average molecular weight is 505 g/mol. The number of nitrogens with zero attached hydrogens (tertiary/aromatic N) is 3. The zero-order valence-corrected chi connectivity index (χ0v) is 21.9. The minimum absolute atomic E-state index is 0.114. The molecule has 0 radical (unpaired) electrons. The van der Waals surface area contributed by atoms with Crippen molar-refractivity contribution in [3.8, 4) is 5.75 Å². The lowest BCUT2D eigenvalue weighted by Crippen LogP contribution is -2.52. The van der Waals surface area contributed by atoms with Gasteiger partial charge in [0.25, 0.3) is 0 Å². The van der Waals surface area contributed by atoms with Gasteiger partial charge in [-0.25, -0.2) is 4.31 Å². The van der Waals surface area contributed by atoms with Gasteiger partial charge in [0.2, 0.25) is 11.8 Å². The molecule has 0 spiro atoms. The van der Waals surface area contributed by atoms with Crippen LogP contribution in [0.5, 0.6) is 5.75 Å². The van der Waals surface area contributed by atoms with E-state index in [0.29, 0.717) is 18.0 Å². The van der Waals surface area contributed by atoms with Gasteiger partial charge in [0, 0.05) is 27.2 Å². The number of unbranched alkanes of at least 4 members (excludes halogenated alkanes) is 1. The van der Waals surface area contributed by atoms with Crippen molar-refractivity contribution in [1.82, 2.24) is 14.5 Å². The van der Waals surface area contributed by atoms with Crippen LogP contribution in [-0.4, -0.2) is 69.8 Å². The lowest BCUT2D eigenvalue weighted by atomic mass is 10.1. The Kier molecular flexibility index (Phi) is 10.5. The van der Waals surface area contributed by atoms with Crippen LogP contribution < -0.4 is 14.4 Å². The molecule has 9 nitrogen and oxygen atoms in total. The molecule has 0 aliphatic rings. The van der Waals surface area contributed by atoms with E-state index in [9.17, 15) is 18.0 Å². The number of anilines is 1. The van der Waals surface area contributed by atoms with Gasteiger partial charge in [-0.05, 0) is 43.2 Å². The molecule has 0 saturated heterocycles. The first-order chi connectivity index (χ1) is 16.6. The third-order valence-electron chi connectivity index (χ3n) is 5.55. The van der Waals surface area contributed by atoms with Crippen molar-refractivity contribution in [3.05, 3.63) is 60.2 Å². The molecule has 0 saturated carbocycles. The highest BCUT2D eigenvalue weighted by Gasteiger charge is 2.32. The first-order valence-corrected chi connectivity index (χ1v) is 13.0. The largest absolute Gasteiger partial charge is 0.497 e. The fourth-order valence-electron chi connectivity index (χ4n) is 3.40. The third kappa shape index (κ3) is 7.69. The Morgan fingerprint density at radius 1 is 1.06 bits per heavy atom. The normalized spacial score (nSPS) is 12.2. The smallest absolute Gasteiger partial charge is 0.304 e. The quantitative estimate of drug-likeness (QED) is 0.423. The summed E-state index contributed by atoms with van der Waals surface area (Å²) in [4.78, 5) is 27.9. The zero-order chi connectivity index (χ0) is 26.0. The number of nitrogens with one attached hydrogen (secondary N) is 1. The van der Waals surface area contributed by atoms with Gasteiger partial charge >= 0.3 is 10.2 Å². The molecule has 10 heteroatoms. The molecular weight excluding hydrogens is 468 g/mol. The van der Waals surface area contributed by atoms with E-state index in [1.807, 2.05) is 13.0 Å². The van der Waals surface area contributed by atoms with E-state index >= 15 is 0 Å². The minimum Gasteiger partial charge on any atom is -0.497 e. The van der Waals surface area contributed by atoms with Crippen LogP contribution in [0.25, 0.3) is 0 Å². The van der Waals surface area contributed by atoms with Crippen molar-refractivity contribution in [3.63, 3.8) is 0 Å². The molecule has 0 heterocycles. The summed E-state index contributed by atoms with van der Waals surface area (Å²) < 4.78 is 33.6. The van der Waals surface area contributed by atoms with Crippen LogP contribution in [0.3, 0.4) is 0 Å². The highest BCUT2D eigenvalue weighted by molar-refractivity contribution is 7.90. The summed E-state index contributed by atoms with van der Waals surface area (Å²) in [6.07, 6.45) is 1.75. The number of carbonyl (C=O) groups excluding carboxylic acids is 2. The van der Waals surface area contributed by atoms with Crippen molar-refractivity contribution >= 4 is 27.7 Å². The van der Waals surface area contributed by atoms with Gasteiger partial charge in [-0.2, -0.15) is 12.7 Å². The molecule has 0 aromatic heterocycles. The Balaban J connectivity index is 2.40. The van der Waals surface area contributed by atoms with E-state index < -0.39 is 28.7 Å². The SMILES string of the molecule is CCCCNC(=O)[C@@H](C)N(Cc1cccc(OC)c1)C(=O)CN(c1ccccc1)S(=O)(=O)N(C)C. The molecule has 0 bridgehead atoms. The molecular formula is C25H36N4O5S. The van der Waals surface area contributed by atoms with Crippen LogP contribution in [0.4, 0.5) is 5.69 Å². The fourth-order valence-corrected chi connectivity index (χ4v) is 4.45. The molecule has 2 aromatic carbocycles. The van der Waals surface area contributed by atoms with Crippen molar-refractivity contribution < 1.29 is 22.7 Å². The van der Waals surface area contributed by atoms with E-state index in [1.54, 1.807) is 62.6 Å². The van der Waals surface area contributed by atoms with Gasteiger partial charge in [-0.15, -0.1) is 0 Å².